The Morgan fingerprint density at radius 3 is 2.07 bits per heavy atom. The first-order valence-electron chi connectivity index (χ1n) is 3.71. The van der Waals surface area contributed by atoms with E-state index in [2.05, 4.69) is 4.74 Å². The number of alkyl halides is 2. The van der Waals surface area contributed by atoms with E-state index >= 15 is 0 Å². The minimum atomic E-state index is -4.74. The van der Waals surface area contributed by atoms with Gasteiger partial charge in [-0.2, -0.15) is 8.78 Å². The summed E-state index contributed by atoms with van der Waals surface area (Å²) in [5.74, 6) is -3.60. The van der Waals surface area contributed by atoms with E-state index in [0.717, 1.165) is 0 Å². The molecule has 0 spiro atoms. The van der Waals surface area contributed by atoms with Crippen LogP contribution in [0, 0.1) is 0 Å². The van der Waals surface area contributed by atoms with Gasteiger partial charge in [-0.3, -0.25) is 0 Å². The summed E-state index contributed by atoms with van der Waals surface area (Å²) in [5, 5.41) is 43.8. The van der Waals surface area contributed by atoms with E-state index in [1.807, 2.05) is 0 Å². The number of aliphatic hydroxyl groups is 5. The van der Waals surface area contributed by atoms with Crippen LogP contribution in [0.2, 0.25) is 0 Å². The van der Waals surface area contributed by atoms with E-state index in [4.69, 9.17) is 25.5 Å². The molecule has 0 aromatic carbocycles. The highest BCUT2D eigenvalue weighted by Crippen LogP contribution is 2.39. The Labute approximate surface area is 77.0 Å². The molecule has 0 unspecified atom stereocenters. The molecule has 84 valence electrons. The maximum Gasteiger partial charge on any atom is 0.410 e. The summed E-state index contributed by atoms with van der Waals surface area (Å²) in [6.45, 7) is -0.878. The second-order valence-corrected chi connectivity index (χ2v) is 3.01. The zero-order valence-electron chi connectivity index (χ0n) is 6.84. The highest BCUT2D eigenvalue weighted by atomic mass is 19.3. The van der Waals surface area contributed by atoms with Gasteiger partial charge in [0.1, 0.15) is 18.3 Å². The predicted molar refractivity (Wildman–Crippen MR) is 36.1 cm³/mol. The lowest BCUT2D eigenvalue weighted by molar-refractivity contribution is -0.405. The fraction of sp³-hybridized carbons (Fsp3) is 1.00. The van der Waals surface area contributed by atoms with Crippen LogP contribution in [0.3, 0.4) is 0 Å². The Kier molecular flexibility index (Phi) is 2.78. The Bertz CT molecular complexity index is 219. The highest BCUT2D eigenvalue weighted by Gasteiger charge is 2.66. The number of aliphatic hydroxyl groups excluding tert-OH is 3. The summed E-state index contributed by atoms with van der Waals surface area (Å²) >= 11 is 0. The molecule has 0 aliphatic carbocycles. The van der Waals surface area contributed by atoms with E-state index < -0.39 is 36.8 Å². The molecular formula is C6H10F2O6. The Balaban J connectivity index is 2.93. The van der Waals surface area contributed by atoms with Gasteiger partial charge in [-0.15, -0.1) is 0 Å². The monoisotopic (exact) mass is 216 g/mol. The molecule has 1 fully saturated rings. The maximum absolute atomic E-state index is 12.4. The number of ether oxygens (including phenoxy) is 1. The number of rotatable bonds is 2. The van der Waals surface area contributed by atoms with Crippen LogP contribution < -0.4 is 0 Å². The fourth-order valence-electron chi connectivity index (χ4n) is 1.20. The molecule has 1 aliphatic rings. The van der Waals surface area contributed by atoms with Crippen molar-refractivity contribution in [2.45, 2.75) is 30.2 Å². The van der Waals surface area contributed by atoms with E-state index in [0.29, 0.717) is 0 Å². The van der Waals surface area contributed by atoms with Crippen LogP contribution in [0.4, 0.5) is 8.78 Å². The van der Waals surface area contributed by atoms with E-state index in [-0.39, 0.29) is 0 Å². The summed E-state index contributed by atoms with van der Waals surface area (Å²) in [6, 6.07) is 0. The van der Waals surface area contributed by atoms with Crippen LogP contribution in [0.1, 0.15) is 0 Å². The lowest BCUT2D eigenvalue weighted by atomic mass is 10.0. The van der Waals surface area contributed by atoms with Crippen molar-refractivity contribution in [2.24, 2.45) is 0 Å². The SMILES string of the molecule is OC[C@H]1O[C@@](O)(C(O)(F)F)[C@@H](O)[C@@H]1O. The summed E-state index contributed by atoms with van der Waals surface area (Å²) in [5.41, 5.74) is 0. The van der Waals surface area contributed by atoms with Crippen LogP contribution in [0.15, 0.2) is 0 Å². The van der Waals surface area contributed by atoms with Gasteiger partial charge in [-0.1, -0.05) is 0 Å². The third-order valence-corrected chi connectivity index (χ3v) is 2.05. The molecule has 14 heavy (non-hydrogen) atoms. The molecule has 1 aliphatic heterocycles. The van der Waals surface area contributed by atoms with Crippen LogP contribution in [-0.4, -0.2) is 62.3 Å². The molecule has 0 aromatic rings. The van der Waals surface area contributed by atoms with Gasteiger partial charge in [0.2, 0.25) is 0 Å². The first-order valence-corrected chi connectivity index (χ1v) is 3.71. The van der Waals surface area contributed by atoms with Crippen molar-refractivity contribution >= 4 is 0 Å². The summed E-state index contributed by atoms with van der Waals surface area (Å²) in [4.78, 5) is 0. The Morgan fingerprint density at radius 1 is 1.36 bits per heavy atom. The fourth-order valence-corrected chi connectivity index (χ4v) is 1.20. The zero-order chi connectivity index (χ0) is 11.1. The molecule has 0 saturated carbocycles. The molecule has 6 nitrogen and oxygen atoms in total. The molecule has 0 radical (unpaired) electrons. The molecule has 8 heteroatoms. The molecular weight excluding hydrogens is 206 g/mol. The van der Waals surface area contributed by atoms with Gasteiger partial charge < -0.3 is 30.3 Å². The lowest BCUT2D eigenvalue weighted by Gasteiger charge is -2.29. The first-order chi connectivity index (χ1) is 6.24. The molecule has 1 heterocycles. The van der Waals surface area contributed by atoms with Gasteiger partial charge in [-0.25, -0.2) is 0 Å². The van der Waals surface area contributed by atoms with Crippen molar-refractivity contribution in [3.63, 3.8) is 0 Å². The van der Waals surface area contributed by atoms with Crippen LogP contribution in [-0.2, 0) is 4.74 Å². The van der Waals surface area contributed by atoms with Gasteiger partial charge in [0.25, 0.3) is 5.79 Å². The minimum Gasteiger partial charge on any atom is -0.394 e. The third-order valence-electron chi connectivity index (χ3n) is 2.05. The van der Waals surface area contributed by atoms with Crippen LogP contribution >= 0.6 is 0 Å². The molecule has 1 rings (SSSR count). The smallest absolute Gasteiger partial charge is 0.394 e. The summed E-state index contributed by atoms with van der Waals surface area (Å²) < 4.78 is 28.8. The molecule has 0 bridgehead atoms. The third kappa shape index (κ3) is 1.49. The summed E-state index contributed by atoms with van der Waals surface area (Å²) in [7, 11) is 0. The van der Waals surface area contributed by atoms with Gasteiger partial charge >= 0.3 is 6.11 Å². The van der Waals surface area contributed by atoms with Crippen LogP contribution in [0.5, 0.6) is 0 Å². The molecule has 4 atom stereocenters. The van der Waals surface area contributed by atoms with Crippen molar-refractivity contribution in [1.82, 2.24) is 0 Å². The van der Waals surface area contributed by atoms with Crippen LogP contribution in [0.25, 0.3) is 0 Å². The largest absolute Gasteiger partial charge is 0.410 e. The Morgan fingerprint density at radius 2 is 1.86 bits per heavy atom. The average molecular weight is 216 g/mol. The second kappa shape index (κ2) is 3.33. The second-order valence-electron chi connectivity index (χ2n) is 3.01. The summed E-state index contributed by atoms with van der Waals surface area (Å²) in [6.07, 6.45) is -10.6. The van der Waals surface area contributed by atoms with E-state index in [1.54, 1.807) is 0 Å². The highest BCUT2D eigenvalue weighted by molar-refractivity contribution is 4.99. The van der Waals surface area contributed by atoms with Crippen molar-refractivity contribution in [3.8, 4) is 0 Å². The maximum atomic E-state index is 12.4. The minimum absolute atomic E-state index is 0.878. The Hall–Kier alpha value is -0.380. The van der Waals surface area contributed by atoms with Crippen molar-refractivity contribution < 1.29 is 39.1 Å². The van der Waals surface area contributed by atoms with Crippen molar-refractivity contribution in [1.29, 1.82) is 0 Å². The molecule has 1 saturated heterocycles. The van der Waals surface area contributed by atoms with E-state index in [1.165, 1.54) is 0 Å². The number of halogens is 2. The van der Waals surface area contributed by atoms with E-state index in [9.17, 15) is 8.78 Å². The quantitative estimate of drug-likeness (QED) is 0.345. The molecule has 5 N–H and O–H groups in total. The molecule has 0 aromatic heterocycles. The number of hydrogen-bond acceptors (Lipinski definition) is 6. The number of hydrogen-bond donors (Lipinski definition) is 5. The zero-order valence-corrected chi connectivity index (χ0v) is 6.84. The average Bonchev–Trinajstić information content (AvgIpc) is 2.29. The predicted octanol–water partition coefficient (Wildman–Crippen LogP) is -2.63. The van der Waals surface area contributed by atoms with Crippen molar-refractivity contribution in [2.75, 3.05) is 6.61 Å². The van der Waals surface area contributed by atoms with Gasteiger partial charge in [0.15, 0.2) is 0 Å². The standard InChI is InChI=1S/C6H10F2O6/c7-6(8,13)5(12)4(11)3(10)2(1-9)14-5/h2-4,9-13H,1H2/t2-,3-,4+,5-/m1/s1. The normalized spacial score (nSPS) is 44.4. The first kappa shape index (κ1) is 11.7. The topological polar surface area (TPSA) is 110 Å². The van der Waals surface area contributed by atoms with Crippen molar-refractivity contribution in [3.05, 3.63) is 0 Å². The van der Waals surface area contributed by atoms with Gasteiger partial charge in [0.05, 0.1) is 6.61 Å². The van der Waals surface area contributed by atoms with Gasteiger partial charge in [-0.05, 0) is 0 Å². The lowest BCUT2D eigenvalue weighted by Crippen LogP contribution is -2.56. The molecule has 0 amide bonds. The van der Waals surface area contributed by atoms with Gasteiger partial charge in [0, 0.05) is 0 Å².